The van der Waals surface area contributed by atoms with Crippen molar-refractivity contribution in [3.63, 3.8) is 0 Å². The predicted molar refractivity (Wildman–Crippen MR) is 80.5 cm³/mol. The van der Waals surface area contributed by atoms with Crippen LogP contribution in [0.5, 0.6) is 0 Å². The van der Waals surface area contributed by atoms with Crippen LogP contribution in [0.3, 0.4) is 0 Å². The fourth-order valence-corrected chi connectivity index (χ4v) is 2.63. The molecule has 106 valence electrons. The van der Waals surface area contributed by atoms with Crippen molar-refractivity contribution in [2.75, 3.05) is 5.73 Å². The summed E-state index contributed by atoms with van der Waals surface area (Å²) in [6.07, 6.45) is 3.06. The zero-order valence-corrected chi connectivity index (χ0v) is 12.2. The zero-order valence-electron chi connectivity index (χ0n) is 11.4. The molecule has 21 heavy (non-hydrogen) atoms. The Kier molecular flexibility index (Phi) is 3.83. The minimum Gasteiger partial charge on any atom is -0.382 e. The van der Waals surface area contributed by atoms with Crippen molar-refractivity contribution >= 4 is 17.6 Å². The van der Waals surface area contributed by atoms with Crippen LogP contribution in [0.1, 0.15) is 11.4 Å². The standard InChI is InChI=1S/C14H13N5OS/c1-9-3-2-4-10(7-9)21-8-11-18-14(20-19-11)12-13(15)17-6-5-16-12/h2-7H,8H2,1H3,(H2,15,17). The van der Waals surface area contributed by atoms with Crippen molar-refractivity contribution in [1.29, 1.82) is 0 Å². The molecule has 0 saturated heterocycles. The van der Waals surface area contributed by atoms with E-state index in [1.165, 1.54) is 22.9 Å². The lowest BCUT2D eigenvalue weighted by Gasteiger charge is -1.99. The first kappa shape index (κ1) is 13.6. The molecular weight excluding hydrogens is 286 g/mol. The number of hydrogen-bond donors (Lipinski definition) is 1. The van der Waals surface area contributed by atoms with Gasteiger partial charge in [0.15, 0.2) is 17.3 Å². The van der Waals surface area contributed by atoms with E-state index in [1.54, 1.807) is 11.8 Å². The van der Waals surface area contributed by atoms with Gasteiger partial charge >= 0.3 is 0 Å². The van der Waals surface area contributed by atoms with E-state index in [9.17, 15) is 0 Å². The number of thioether (sulfide) groups is 1. The number of nitrogen functional groups attached to an aromatic ring is 1. The largest absolute Gasteiger partial charge is 0.382 e. The first-order valence-electron chi connectivity index (χ1n) is 6.31. The minimum absolute atomic E-state index is 0.277. The second kappa shape index (κ2) is 5.92. The van der Waals surface area contributed by atoms with Crippen LogP contribution in [0.25, 0.3) is 11.6 Å². The van der Waals surface area contributed by atoms with Gasteiger partial charge < -0.3 is 10.3 Å². The zero-order chi connectivity index (χ0) is 14.7. The molecule has 0 unspecified atom stereocenters. The number of aromatic nitrogens is 4. The van der Waals surface area contributed by atoms with Crippen molar-refractivity contribution in [2.24, 2.45) is 0 Å². The van der Waals surface area contributed by atoms with Crippen molar-refractivity contribution < 1.29 is 4.52 Å². The third-order valence-electron chi connectivity index (χ3n) is 2.75. The van der Waals surface area contributed by atoms with Gasteiger partial charge in [0, 0.05) is 17.3 Å². The quantitative estimate of drug-likeness (QED) is 0.740. The highest BCUT2D eigenvalue weighted by molar-refractivity contribution is 7.98. The van der Waals surface area contributed by atoms with E-state index >= 15 is 0 Å². The normalized spacial score (nSPS) is 10.7. The van der Waals surface area contributed by atoms with Gasteiger partial charge in [0.25, 0.3) is 5.89 Å². The summed E-state index contributed by atoms with van der Waals surface area (Å²) in [5, 5.41) is 3.94. The Balaban J connectivity index is 1.72. The summed E-state index contributed by atoms with van der Waals surface area (Å²) in [6, 6.07) is 8.26. The average Bonchev–Trinajstić information content (AvgIpc) is 2.94. The van der Waals surface area contributed by atoms with Crippen LogP contribution in [-0.4, -0.2) is 20.1 Å². The van der Waals surface area contributed by atoms with E-state index < -0.39 is 0 Å². The topological polar surface area (TPSA) is 90.7 Å². The average molecular weight is 299 g/mol. The molecule has 7 heteroatoms. The third kappa shape index (κ3) is 3.19. The van der Waals surface area contributed by atoms with Gasteiger partial charge in [0.2, 0.25) is 0 Å². The Morgan fingerprint density at radius 1 is 1.24 bits per heavy atom. The molecule has 1 aromatic carbocycles. The maximum atomic E-state index is 5.74. The smallest absolute Gasteiger partial charge is 0.280 e. The van der Waals surface area contributed by atoms with Gasteiger partial charge in [-0.1, -0.05) is 22.9 Å². The molecule has 0 atom stereocenters. The van der Waals surface area contributed by atoms with E-state index in [-0.39, 0.29) is 5.82 Å². The molecule has 2 heterocycles. The number of nitrogens with two attached hydrogens (primary N) is 1. The third-order valence-corrected chi connectivity index (χ3v) is 3.74. The lowest BCUT2D eigenvalue weighted by Crippen LogP contribution is -1.96. The van der Waals surface area contributed by atoms with E-state index in [0.717, 1.165) is 0 Å². The van der Waals surface area contributed by atoms with E-state index in [1.807, 2.05) is 6.07 Å². The van der Waals surface area contributed by atoms with Gasteiger partial charge in [0.1, 0.15) is 0 Å². The van der Waals surface area contributed by atoms with Crippen molar-refractivity contribution in [2.45, 2.75) is 17.6 Å². The number of aryl methyl sites for hydroxylation is 1. The monoisotopic (exact) mass is 299 g/mol. The molecule has 2 aromatic heterocycles. The summed E-state index contributed by atoms with van der Waals surface area (Å²) in [7, 11) is 0. The molecule has 6 nitrogen and oxygen atoms in total. The van der Waals surface area contributed by atoms with Gasteiger partial charge in [-0.2, -0.15) is 4.98 Å². The van der Waals surface area contributed by atoms with E-state index in [2.05, 4.69) is 45.2 Å². The second-order valence-corrected chi connectivity index (χ2v) is 5.46. The molecule has 0 aliphatic rings. The van der Waals surface area contributed by atoms with Crippen LogP contribution in [0.2, 0.25) is 0 Å². The SMILES string of the molecule is Cc1cccc(SCc2noc(-c3nccnc3N)n2)c1. The van der Waals surface area contributed by atoms with Crippen LogP contribution in [-0.2, 0) is 5.75 Å². The number of nitrogens with zero attached hydrogens (tertiary/aromatic N) is 4. The van der Waals surface area contributed by atoms with Gasteiger partial charge in [0.05, 0.1) is 5.75 Å². The van der Waals surface area contributed by atoms with Crippen LogP contribution in [0.15, 0.2) is 46.1 Å². The minimum atomic E-state index is 0.277. The first-order chi connectivity index (χ1) is 10.2. The molecule has 3 aromatic rings. The number of benzene rings is 1. The summed E-state index contributed by atoms with van der Waals surface area (Å²) in [5.74, 6) is 1.79. The molecule has 2 N–H and O–H groups in total. The first-order valence-corrected chi connectivity index (χ1v) is 7.30. The summed E-state index contributed by atoms with van der Waals surface area (Å²) >= 11 is 1.65. The maximum absolute atomic E-state index is 5.74. The van der Waals surface area contributed by atoms with E-state index in [0.29, 0.717) is 23.2 Å². The van der Waals surface area contributed by atoms with Gasteiger partial charge in [-0.3, -0.25) is 0 Å². The Labute approximate surface area is 125 Å². The molecule has 0 bridgehead atoms. The lowest BCUT2D eigenvalue weighted by atomic mass is 10.2. The molecule has 0 fully saturated rings. The number of rotatable bonds is 4. The highest BCUT2D eigenvalue weighted by atomic mass is 32.2. The van der Waals surface area contributed by atoms with Gasteiger partial charge in [-0.25, -0.2) is 9.97 Å². The molecular formula is C14H13N5OS. The highest BCUT2D eigenvalue weighted by Crippen LogP contribution is 2.24. The van der Waals surface area contributed by atoms with Gasteiger partial charge in [-0.15, -0.1) is 11.8 Å². The summed E-state index contributed by atoms with van der Waals surface area (Å²) in [6.45, 7) is 2.06. The van der Waals surface area contributed by atoms with Crippen molar-refractivity contribution in [1.82, 2.24) is 20.1 Å². The Bertz CT molecular complexity index is 758. The summed E-state index contributed by atoms with van der Waals surface area (Å²) in [5.41, 5.74) is 7.37. The van der Waals surface area contributed by atoms with Crippen molar-refractivity contribution in [3.05, 3.63) is 48.0 Å². The Morgan fingerprint density at radius 2 is 2.10 bits per heavy atom. The highest BCUT2D eigenvalue weighted by Gasteiger charge is 2.13. The van der Waals surface area contributed by atoms with Crippen LogP contribution in [0.4, 0.5) is 5.82 Å². The Morgan fingerprint density at radius 3 is 2.90 bits per heavy atom. The van der Waals surface area contributed by atoms with Gasteiger partial charge in [-0.05, 0) is 19.1 Å². The fourth-order valence-electron chi connectivity index (χ4n) is 1.78. The number of anilines is 1. The van der Waals surface area contributed by atoms with Crippen molar-refractivity contribution in [3.8, 4) is 11.6 Å². The molecule has 0 aliphatic carbocycles. The summed E-state index contributed by atoms with van der Waals surface area (Å²) < 4.78 is 5.19. The molecule has 3 rings (SSSR count). The molecule has 0 aliphatic heterocycles. The van der Waals surface area contributed by atoms with Crippen LogP contribution in [0, 0.1) is 6.92 Å². The van der Waals surface area contributed by atoms with Crippen LogP contribution >= 0.6 is 11.8 Å². The summed E-state index contributed by atoms with van der Waals surface area (Å²) in [4.78, 5) is 13.5. The molecule has 0 saturated carbocycles. The molecule has 0 radical (unpaired) electrons. The molecule has 0 amide bonds. The Hall–Kier alpha value is -2.41. The lowest BCUT2D eigenvalue weighted by molar-refractivity contribution is 0.424. The second-order valence-electron chi connectivity index (χ2n) is 4.41. The predicted octanol–water partition coefficient (Wildman–Crippen LogP) is 2.71. The number of hydrogen-bond acceptors (Lipinski definition) is 7. The van der Waals surface area contributed by atoms with E-state index in [4.69, 9.17) is 10.3 Å². The van der Waals surface area contributed by atoms with Crippen LogP contribution < -0.4 is 5.73 Å². The molecule has 0 spiro atoms. The fraction of sp³-hybridized carbons (Fsp3) is 0.143. The maximum Gasteiger partial charge on any atom is 0.280 e.